The topological polar surface area (TPSA) is 9.23 Å². The van der Waals surface area contributed by atoms with Gasteiger partial charge in [-0.2, -0.15) is 0 Å². The lowest BCUT2D eigenvalue weighted by molar-refractivity contribution is 0.217. The van der Waals surface area contributed by atoms with Gasteiger partial charge >= 0.3 is 0 Å². The number of ether oxygens (including phenoxy) is 1. The van der Waals surface area contributed by atoms with Crippen LogP contribution in [-0.2, 0) is 0 Å². The van der Waals surface area contributed by atoms with Crippen molar-refractivity contribution in [2.75, 3.05) is 0 Å². The van der Waals surface area contributed by atoms with Gasteiger partial charge in [0.2, 0.25) is 0 Å². The molecular formula is C14H18O. The minimum Gasteiger partial charge on any atom is -0.489 e. The number of benzene rings is 1. The third-order valence-electron chi connectivity index (χ3n) is 2.19. The molecule has 1 aromatic rings. The molecule has 0 radical (unpaired) electrons. The SMILES string of the molecule is CCC#Cc1ccccc1O[C@H](C)CC. The highest BCUT2D eigenvalue weighted by Gasteiger charge is 2.03. The van der Waals surface area contributed by atoms with Crippen LogP contribution < -0.4 is 4.74 Å². The van der Waals surface area contributed by atoms with Crippen LogP contribution in [0.4, 0.5) is 0 Å². The van der Waals surface area contributed by atoms with E-state index in [9.17, 15) is 0 Å². The van der Waals surface area contributed by atoms with Gasteiger partial charge < -0.3 is 4.74 Å². The molecule has 0 saturated heterocycles. The maximum absolute atomic E-state index is 5.79. The van der Waals surface area contributed by atoms with E-state index >= 15 is 0 Å². The Morgan fingerprint density at radius 3 is 2.67 bits per heavy atom. The summed E-state index contributed by atoms with van der Waals surface area (Å²) in [5, 5.41) is 0. The van der Waals surface area contributed by atoms with Crippen molar-refractivity contribution in [1.82, 2.24) is 0 Å². The molecule has 0 aromatic heterocycles. The normalized spacial score (nSPS) is 11.4. The van der Waals surface area contributed by atoms with Gasteiger partial charge in [0.1, 0.15) is 5.75 Å². The van der Waals surface area contributed by atoms with Crippen LogP contribution in [-0.4, -0.2) is 6.10 Å². The van der Waals surface area contributed by atoms with Gasteiger partial charge in [0.15, 0.2) is 0 Å². The van der Waals surface area contributed by atoms with E-state index in [1.165, 1.54) is 0 Å². The second-order valence-corrected chi connectivity index (χ2v) is 3.49. The number of para-hydroxylation sites is 1. The summed E-state index contributed by atoms with van der Waals surface area (Å²) < 4.78 is 5.79. The van der Waals surface area contributed by atoms with Gasteiger partial charge in [0, 0.05) is 6.42 Å². The van der Waals surface area contributed by atoms with E-state index in [0.717, 1.165) is 24.2 Å². The van der Waals surface area contributed by atoms with Crippen LogP contribution >= 0.6 is 0 Å². The Bertz CT molecular complexity index is 357. The van der Waals surface area contributed by atoms with Crippen LogP contribution in [0.5, 0.6) is 5.75 Å². The summed E-state index contributed by atoms with van der Waals surface area (Å²) in [7, 11) is 0. The monoisotopic (exact) mass is 202 g/mol. The largest absolute Gasteiger partial charge is 0.489 e. The molecule has 0 fully saturated rings. The molecule has 1 nitrogen and oxygen atoms in total. The van der Waals surface area contributed by atoms with E-state index < -0.39 is 0 Å². The van der Waals surface area contributed by atoms with Gasteiger partial charge in [-0.3, -0.25) is 0 Å². The molecule has 0 bridgehead atoms. The van der Waals surface area contributed by atoms with Crippen molar-refractivity contribution in [1.29, 1.82) is 0 Å². The van der Waals surface area contributed by atoms with Crippen molar-refractivity contribution in [3.8, 4) is 17.6 Å². The van der Waals surface area contributed by atoms with Gasteiger partial charge in [-0.05, 0) is 25.5 Å². The smallest absolute Gasteiger partial charge is 0.135 e. The molecule has 0 spiro atoms. The Hall–Kier alpha value is -1.42. The van der Waals surface area contributed by atoms with Gasteiger partial charge in [-0.25, -0.2) is 0 Å². The highest BCUT2D eigenvalue weighted by Crippen LogP contribution is 2.18. The summed E-state index contributed by atoms with van der Waals surface area (Å²) in [6.07, 6.45) is 2.13. The third-order valence-corrected chi connectivity index (χ3v) is 2.19. The van der Waals surface area contributed by atoms with Crippen LogP contribution in [0, 0.1) is 11.8 Å². The molecule has 0 saturated carbocycles. The Balaban J connectivity index is 2.86. The standard InChI is InChI=1S/C14H18O/c1-4-6-9-13-10-7-8-11-14(13)15-12(3)5-2/h7-8,10-12H,4-5H2,1-3H3/t12-/m1/s1. The number of hydrogen-bond acceptors (Lipinski definition) is 1. The van der Waals surface area contributed by atoms with E-state index in [4.69, 9.17) is 4.74 Å². The van der Waals surface area contributed by atoms with E-state index in [1.807, 2.05) is 31.2 Å². The molecule has 1 rings (SSSR count). The second kappa shape index (κ2) is 6.14. The molecule has 0 amide bonds. The van der Waals surface area contributed by atoms with Crippen LogP contribution in [0.3, 0.4) is 0 Å². The van der Waals surface area contributed by atoms with Gasteiger partial charge in [-0.15, -0.1) is 0 Å². The Morgan fingerprint density at radius 2 is 2.00 bits per heavy atom. The first-order valence-corrected chi connectivity index (χ1v) is 5.52. The average Bonchev–Trinajstić information content (AvgIpc) is 2.28. The minimum absolute atomic E-state index is 0.245. The number of rotatable bonds is 3. The molecular weight excluding hydrogens is 184 g/mol. The molecule has 80 valence electrons. The predicted octanol–water partition coefficient (Wildman–Crippen LogP) is 3.63. The summed E-state index contributed by atoms with van der Waals surface area (Å²) in [5.41, 5.74) is 0.986. The van der Waals surface area contributed by atoms with E-state index in [-0.39, 0.29) is 6.10 Å². The predicted molar refractivity (Wildman–Crippen MR) is 64.0 cm³/mol. The quantitative estimate of drug-likeness (QED) is 0.680. The molecule has 1 atom stereocenters. The van der Waals surface area contributed by atoms with Crippen LogP contribution in [0.15, 0.2) is 24.3 Å². The molecule has 0 aliphatic heterocycles. The second-order valence-electron chi connectivity index (χ2n) is 3.49. The molecule has 1 aromatic carbocycles. The molecule has 0 aliphatic carbocycles. The van der Waals surface area contributed by atoms with E-state index in [2.05, 4.69) is 25.7 Å². The highest BCUT2D eigenvalue weighted by atomic mass is 16.5. The molecule has 0 unspecified atom stereocenters. The van der Waals surface area contributed by atoms with Gasteiger partial charge in [0.25, 0.3) is 0 Å². The fourth-order valence-electron chi connectivity index (χ4n) is 1.16. The summed E-state index contributed by atoms with van der Waals surface area (Å²) >= 11 is 0. The third kappa shape index (κ3) is 3.67. The van der Waals surface area contributed by atoms with Crippen LogP contribution in [0.2, 0.25) is 0 Å². The highest BCUT2D eigenvalue weighted by molar-refractivity contribution is 5.45. The first kappa shape index (κ1) is 11.7. The number of hydrogen-bond donors (Lipinski definition) is 0. The maximum Gasteiger partial charge on any atom is 0.135 e. The van der Waals surface area contributed by atoms with Gasteiger partial charge in [-0.1, -0.05) is 37.8 Å². The Kier molecular flexibility index (Phi) is 4.77. The van der Waals surface area contributed by atoms with Crippen molar-refractivity contribution in [2.45, 2.75) is 39.7 Å². The first-order valence-electron chi connectivity index (χ1n) is 5.52. The summed E-state index contributed by atoms with van der Waals surface area (Å²) in [4.78, 5) is 0. The summed E-state index contributed by atoms with van der Waals surface area (Å²) in [6.45, 7) is 6.24. The van der Waals surface area contributed by atoms with Crippen molar-refractivity contribution in [3.05, 3.63) is 29.8 Å². The zero-order valence-electron chi connectivity index (χ0n) is 9.71. The van der Waals surface area contributed by atoms with Crippen molar-refractivity contribution in [2.24, 2.45) is 0 Å². The van der Waals surface area contributed by atoms with Crippen LogP contribution in [0.25, 0.3) is 0 Å². The molecule has 0 aliphatic rings. The molecule has 0 N–H and O–H groups in total. The lowest BCUT2D eigenvalue weighted by Crippen LogP contribution is -2.10. The van der Waals surface area contributed by atoms with Crippen LogP contribution in [0.1, 0.15) is 39.2 Å². The van der Waals surface area contributed by atoms with Crippen molar-refractivity contribution in [3.63, 3.8) is 0 Å². The lowest BCUT2D eigenvalue weighted by atomic mass is 10.2. The molecule has 15 heavy (non-hydrogen) atoms. The first-order chi connectivity index (χ1) is 7.27. The summed E-state index contributed by atoms with van der Waals surface area (Å²) in [6, 6.07) is 7.95. The van der Waals surface area contributed by atoms with E-state index in [0.29, 0.717) is 0 Å². The average molecular weight is 202 g/mol. The van der Waals surface area contributed by atoms with Gasteiger partial charge in [0.05, 0.1) is 11.7 Å². The van der Waals surface area contributed by atoms with Crippen molar-refractivity contribution < 1.29 is 4.74 Å². The minimum atomic E-state index is 0.245. The Morgan fingerprint density at radius 1 is 1.27 bits per heavy atom. The zero-order chi connectivity index (χ0) is 11.1. The van der Waals surface area contributed by atoms with E-state index in [1.54, 1.807) is 0 Å². The fraction of sp³-hybridized carbons (Fsp3) is 0.429. The maximum atomic E-state index is 5.79. The lowest BCUT2D eigenvalue weighted by Gasteiger charge is -2.13. The summed E-state index contributed by atoms with van der Waals surface area (Å²) in [5.74, 6) is 7.08. The molecule has 1 heteroatoms. The fourth-order valence-corrected chi connectivity index (χ4v) is 1.16. The Labute approximate surface area is 92.5 Å². The van der Waals surface area contributed by atoms with Crippen molar-refractivity contribution >= 4 is 0 Å². The zero-order valence-corrected chi connectivity index (χ0v) is 9.71. The molecule has 0 heterocycles.